The number of hydrogen-bond donors (Lipinski definition) is 3. The van der Waals surface area contributed by atoms with Crippen molar-refractivity contribution in [3.8, 4) is 0 Å². The highest BCUT2D eigenvalue weighted by Crippen LogP contribution is 1.86. The molecule has 52 valence electrons. The Morgan fingerprint density at radius 2 is 2.30 bits per heavy atom. The van der Waals surface area contributed by atoms with Crippen molar-refractivity contribution in [1.82, 2.24) is 5.43 Å². The number of hydrogen-bond acceptors (Lipinski definition) is 2. The van der Waals surface area contributed by atoms with Crippen molar-refractivity contribution in [3.63, 3.8) is 0 Å². The average molecular weight is 136 g/mol. The molecule has 5 heteroatoms. The van der Waals surface area contributed by atoms with Gasteiger partial charge in [0, 0.05) is 6.20 Å². The van der Waals surface area contributed by atoms with Crippen molar-refractivity contribution in [1.29, 1.82) is 0 Å². The van der Waals surface area contributed by atoms with Crippen LogP contribution in [0.15, 0.2) is 29.3 Å². The van der Waals surface area contributed by atoms with E-state index in [9.17, 15) is 0 Å². The van der Waals surface area contributed by atoms with Gasteiger partial charge in [-0.2, -0.15) is 0 Å². The Morgan fingerprint density at radius 3 is 2.70 bits per heavy atom. The molecule has 5 N–H and O–H groups in total. The molecule has 0 aromatic rings. The molecule has 0 bridgehead atoms. The lowest BCUT2D eigenvalue weighted by Gasteiger charge is -1.93. The molecule has 0 aliphatic carbocycles. The fourth-order valence-electron chi connectivity index (χ4n) is 0.234. The van der Waals surface area contributed by atoms with E-state index in [2.05, 4.69) is 17.0 Å². The molecule has 0 unspecified atom stereocenters. The highest BCUT2D eigenvalue weighted by atomic mass is 15.3. The monoisotopic (exact) mass is 136 g/mol. The Balaban J connectivity index is 4.03. The van der Waals surface area contributed by atoms with E-state index in [4.69, 9.17) is 19.4 Å². The summed E-state index contributed by atoms with van der Waals surface area (Å²) in [6.45, 7) is 3.41. The Morgan fingerprint density at radius 1 is 1.70 bits per heavy atom. The number of hydrazine groups is 1. The summed E-state index contributed by atoms with van der Waals surface area (Å²) in [6, 6.07) is 0. The summed E-state index contributed by atoms with van der Waals surface area (Å²) in [5.74, 6) is 5.00. The van der Waals surface area contributed by atoms with E-state index in [1.807, 2.05) is 0 Å². The molecule has 2 radical (unpaired) electrons. The third-order valence-corrected chi connectivity index (χ3v) is 0.736. The van der Waals surface area contributed by atoms with Crippen LogP contribution in [0.1, 0.15) is 0 Å². The van der Waals surface area contributed by atoms with Crippen LogP contribution in [0.2, 0.25) is 0 Å². The highest BCUT2D eigenvalue weighted by Gasteiger charge is 1.80. The second kappa shape index (κ2) is 4.63. The Labute approximate surface area is 61.1 Å². The van der Waals surface area contributed by atoms with E-state index >= 15 is 0 Å². The molecule has 0 saturated heterocycles. The van der Waals surface area contributed by atoms with Crippen LogP contribution in [0, 0.1) is 0 Å². The zero-order chi connectivity index (χ0) is 7.98. The van der Waals surface area contributed by atoms with Crippen molar-refractivity contribution in [2.75, 3.05) is 0 Å². The van der Waals surface area contributed by atoms with Crippen LogP contribution in [0.3, 0.4) is 0 Å². The number of nitrogens with one attached hydrogen (secondary N) is 1. The summed E-state index contributed by atoms with van der Waals surface area (Å²) in [7, 11) is 5.29. The van der Waals surface area contributed by atoms with Gasteiger partial charge >= 0.3 is 0 Å². The molecular weight excluding hydrogens is 127 g/mol. The molecule has 0 amide bonds. The van der Waals surface area contributed by atoms with Gasteiger partial charge in [-0.15, -0.1) is 0 Å². The zero-order valence-corrected chi connectivity index (χ0v) is 5.54. The highest BCUT2D eigenvalue weighted by molar-refractivity contribution is 6.23. The number of nitrogens with zero attached hydrogens (tertiary/aromatic N) is 1. The summed E-state index contributed by atoms with van der Waals surface area (Å²) in [6.07, 6.45) is 2.80. The first kappa shape index (κ1) is 8.77. The van der Waals surface area contributed by atoms with Gasteiger partial charge in [0.1, 0.15) is 7.85 Å². The Kier molecular flexibility index (Phi) is 4.07. The predicted octanol–water partition coefficient (Wildman–Crippen LogP) is -1.04. The zero-order valence-electron chi connectivity index (χ0n) is 5.54. The molecule has 0 spiro atoms. The third kappa shape index (κ3) is 3.74. The largest absolute Gasteiger partial charge is 0.369 e. The molecule has 0 aliphatic heterocycles. The third-order valence-electron chi connectivity index (χ3n) is 0.736. The molecule has 0 atom stereocenters. The Hall–Kier alpha value is -1.23. The van der Waals surface area contributed by atoms with E-state index in [1.54, 1.807) is 0 Å². The molecule has 0 saturated carbocycles. The molecule has 10 heavy (non-hydrogen) atoms. The van der Waals surface area contributed by atoms with Crippen LogP contribution in [0.5, 0.6) is 0 Å². The average Bonchev–Trinajstić information content (AvgIpc) is 1.99. The fraction of sp³-hybridized carbons (Fsp3) is 0. The number of rotatable bonds is 2. The number of aliphatic imine (C=N–C) groups is 1. The SMILES string of the molecule is [B]/C(C=C)=C/N=C(N)NN. The first-order chi connectivity index (χ1) is 4.70. The van der Waals surface area contributed by atoms with E-state index < -0.39 is 0 Å². The quantitative estimate of drug-likeness (QED) is 0.113. The van der Waals surface area contributed by atoms with Gasteiger partial charge in [0.15, 0.2) is 0 Å². The van der Waals surface area contributed by atoms with Crippen molar-refractivity contribution in [2.24, 2.45) is 16.6 Å². The van der Waals surface area contributed by atoms with Crippen LogP contribution >= 0.6 is 0 Å². The minimum atomic E-state index is 0.102. The van der Waals surface area contributed by atoms with Crippen LogP contribution in [0.25, 0.3) is 0 Å². The standard InChI is InChI=1S/C5H9BN4/c1-2-4(6)3-9-5(7)10-8/h2-3H,1,8H2,(H3,7,9,10)/b4-3+. The van der Waals surface area contributed by atoms with Crippen molar-refractivity contribution < 1.29 is 0 Å². The summed E-state index contributed by atoms with van der Waals surface area (Å²) in [5, 5.41) is 0. The van der Waals surface area contributed by atoms with E-state index in [-0.39, 0.29) is 5.96 Å². The lowest BCUT2D eigenvalue weighted by Crippen LogP contribution is -2.36. The molecule has 0 aromatic carbocycles. The van der Waals surface area contributed by atoms with Crippen LogP contribution in [-0.2, 0) is 0 Å². The molecule has 0 aromatic heterocycles. The number of allylic oxidation sites excluding steroid dienone is 2. The summed E-state index contributed by atoms with van der Waals surface area (Å²) in [5.41, 5.74) is 7.72. The molecule has 0 heterocycles. The van der Waals surface area contributed by atoms with Crippen LogP contribution in [-0.4, -0.2) is 13.8 Å². The smallest absolute Gasteiger partial charge is 0.207 e. The van der Waals surface area contributed by atoms with Gasteiger partial charge in [0.2, 0.25) is 5.96 Å². The topological polar surface area (TPSA) is 76.4 Å². The lowest BCUT2D eigenvalue weighted by molar-refractivity contribution is 1.01. The minimum absolute atomic E-state index is 0.102. The maximum Gasteiger partial charge on any atom is 0.207 e. The van der Waals surface area contributed by atoms with E-state index in [1.165, 1.54) is 12.3 Å². The van der Waals surface area contributed by atoms with Gasteiger partial charge < -0.3 is 5.73 Å². The summed E-state index contributed by atoms with van der Waals surface area (Å²) < 4.78 is 0. The normalized spacial score (nSPS) is 12.9. The number of guanidine groups is 1. The lowest BCUT2D eigenvalue weighted by atomic mass is 9.98. The first-order valence-corrected chi connectivity index (χ1v) is 2.58. The second-order valence-corrected chi connectivity index (χ2v) is 1.49. The second-order valence-electron chi connectivity index (χ2n) is 1.49. The number of nitrogens with two attached hydrogens (primary N) is 2. The first-order valence-electron chi connectivity index (χ1n) is 2.58. The van der Waals surface area contributed by atoms with E-state index in [0.717, 1.165) is 0 Å². The summed E-state index contributed by atoms with van der Waals surface area (Å²) >= 11 is 0. The van der Waals surface area contributed by atoms with Gasteiger partial charge in [-0.05, 0) is 0 Å². The molecule has 4 nitrogen and oxygen atoms in total. The van der Waals surface area contributed by atoms with Crippen molar-refractivity contribution >= 4 is 13.8 Å². The van der Waals surface area contributed by atoms with Crippen molar-refractivity contribution in [2.45, 2.75) is 0 Å². The van der Waals surface area contributed by atoms with E-state index in [0.29, 0.717) is 5.47 Å². The summed E-state index contributed by atoms with van der Waals surface area (Å²) in [4.78, 5) is 3.61. The predicted molar refractivity (Wildman–Crippen MR) is 43.0 cm³/mol. The maximum atomic E-state index is 5.29. The van der Waals surface area contributed by atoms with Crippen molar-refractivity contribution in [3.05, 3.63) is 24.3 Å². The molecule has 0 fully saturated rings. The van der Waals surface area contributed by atoms with Gasteiger partial charge in [-0.1, -0.05) is 18.1 Å². The molecule has 0 aliphatic rings. The van der Waals surface area contributed by atoms with Gasteiger partial charge in [-0.3, -0.25) is 5.43 Å². The fourth-order valence-corrected chi connectivity index (χ4v) is 0.234. The molecular formula is C5H9BN4. The van der Waals surface area contributed by atoms with Gasteiger partial charge in [0.25, 0.3) is 0 Å². The maximum absolute atomic E-state index is 5.29. The molecule has 0 rings (SSSR count). The Bertz CT molecular complexity index is 172. The van der Waals surface area contributed by atoms with Gasteiger partial charge in [-0.25, -0.2) is 10.8 Å². The van der Waals surface area contributed by atoms with Crippen LogP contribution in [0.4, 0.5) is 0 Å². The minimum Gasteiger partial charge on any atom is -0.369 e. The van der Waals surface area contributed by atoms with Crippen LogP contribution < -0.4 is 17.0 Å². The van der Waals surface area contributed by atoms with Gasteiger partial charge in [0.05, 0.1) is 0 Å².